The van der Waals surface area contributed by atoms with Gasteiger partial charge in [0, 0.05) is 45.3 Å². The van der Waals surface area contributed by atoms with Crippen LogP contribution in [0.1, 0.15) is 21.1 Å². The van der Waals surface area contributed by atoms with Crippen LogP contribution in [0.15, 0.2) is 48.7 Å². The molecule has 8 heteroatoms. The minimum Gasteiger partial charge on any atom is -0.383 e. The van der Waals surface area contributed by atoms with Crippen LogP contribution < -0.4 is 15.5 Å². The van der Waals surface area contributed by atoms with Gasteiger partial charge in [-0.2, -0.15) is 0 Å². The van der Waals surface area contributed by atoms with Crippen molar-refractivity contribution in [2.45, 2.75) is 0 Å². The normalized spacial score (nSPS) is 10.7. The summed E-state index contributed by atoms with van der Waals surface area (Å²) in [5, 5.41) is 5.56. The zero-order valence-corrected chi connectivity index (χ0v) is 16.1. The number of benzene rings is 1. The number of pyridine rings is 1. The van der Waals surface area contributed by atoms with Gasteiger partial charge in [0.2, 0.25) is 5.82 Å². The van der Waals surface area contributed by atoms with Crippen LogP contribution >= 0.6 is 0 Å². The van der Waals surface area contributed by atoms with Crippen LogP contribution in [0.4, 0.5) is 11.4 Å². The topological polar surface area (TPSA) is 88.0 Å². The maximum absolute atomic E-state index is 12.8. The number of rotatable bonds is 7. The molecule has 1 aromatic carbocycles. The second-order valence-corrected chi connectivity index (χ2v) is 6.38. The van der Waals surface area contributed by atoms with Crippen molar-refractivity contribution in [3.8, 4) is 0 Å². The molecule has 146 valence electrons. The van der Waals surface area contributed by atoms with Crippen molar-refractivity contribution in [1.82, 2.24) is 14.7 Å². The Morgan fingerprint density at radius 1 is 1.11 bits per heavy atom. The maximum Gasteiger partial charge on any atom is 0.287 e. The highest BCUT2D eigenvalue weighted by atomic mass is 16.5. The maximum atomic E-state index is 12.8. The van der Waals surface area contributed by atoms with Crippen LogP contribution in [0.25, 0.3) is 5.52 Å². The Labute approximate surface area is 163 Å². The Kier molecular flexibility index (Phi) is 5.90. The fourth-order valence-electron chi connectivity index (χ4n) is 2.74. The van der Waals surface area contributed by atoms with Crippen molar-refractivity contribution >= 4 is 28.7 Å². The van der Waals surface area contributed by atoms with Gasteiger partial charge >= 0.3 is 0 Å². The highest BCUT2D eigenvalue weighted by Gasteiger charge is 2.21. The number of hydrogen-bond donors (Lipinski definition) is 2. The molecule has 0 atom stereocenters. The standard InChI is InChI=1S/C20H23N5O3/c1-24(2)15-9-7-14(8-10-15)22-19(26)17-16-6-4-5-12-25(16)18(23-17)20(27)21-11-13-28-3/h4-10,12H,11,13H2,1-3H3,(H,21,27)(H,22,26). The molecule has 0 fully saturated rings. The summed E-state index contributed by atoms with van der Waals surface area (Å²) in [6.45, 7) is 0.752. The van der Waals surface area contributed by atoms with Crippen molar-refractivity contribution in [1.29, 1.82) is 0 Å². The summed E-state index contributed by atoms with van der Waals surface area (Å²) in [5.74, 6) is -0.593. The minimum absolute atomic E-state index is 0.153. The lowest BCUT2D eigenvalue weighted by atomic mass is 10.2. The van der Waals surface area contributed by atoms with E-state index in [2.05, 4.69) is 15.6 Å². The Hall–Kier alpha value is -3.39. The lowest BCUT2D eigenvalue weighted by molar-refractivity contribution is 0.0926. The summed E-state index contributed by atoms with van der Waals surface area (Å²) in [6.07, 6.45) is 1.70. The highest BCUT2D eigenvalue weighted by Crippen LogP contribution is 2.18. The second-order valence-electron chi connectivity index (χ2n) is 6.38. The Bertz CT molecular complexity index is 979. The fourth-order valence-corrected chi connectivity index (χ4v) is 2.74. The molecule has 28 heavy (non-hydrogen) atoms. The van der Waals surface area contributed by atoms with E-state index in [4.69, 9.17) is 4.74 Å². The van der Waals surface area contributed by atoms with Gasteiger partial charge in [0.05, 0.1) is 12.1 Å². The first-order chi connectivity index (χ1) is 13.5. The van der Waals surface area contributed by atoms with E-state index in [1.807, 2.05) is 43.3 Å². The molecule has 0 aliphatic carbocycles. The molecule has 3 rings (SSSR count). The predicted octanol–water partition coefficient (Wildman–Crippen LogP) is 2.03. The second kappa shape index (κ2) is 8.53. The van der Waals surface area contributed by atoms with Crippen molar-refractivity contribution in [3.63, 3.8) is 0 Å². The van der Waals surface area contributed by atoms with Gasteiger partial charge in [0.1, 0.15) is 0 Å². The summed E-state index contributed by atoms with van der Waals surface area (Å²) >= 11 is 0. The molecule has 0 spiro atoms. The fraction of sp³-hybridized carbons (Fsp3) is 0.250. The zero-order valence-electron chi connectivity index (χ0n) is 16.1. The number of fused-ring (bicyclic) bond motifs is 1. The zero-order chi connectivity index (χ0) is 20.1. The lowest BCUT2D eigenvalue weighted by Gasteiger charge is -2.12. The molecule has 0 saturated heterocycles. The first-order valence-corrected chi connectivity index (χ1v) is 8.84. The molecule has 0 bridgehead atoms. The summed E-state index contributed by atoms with van der Waals surface area (Å²) in [4.78, 5) is 31.5. The van der Waals surface area contributed by atoms with E-state index < -0.39 is 0 Å². The molecule has 2 N–H and O–H groups in total. The number of methoxy groups -OCH3 is 1. The van der Waals surface area contributed by atoms with Crippen LogP contribution in [0, 0.1) is 0 Å². The molecule has 0 saturated carbocycles. The Balaban J connectivity index is 1.85. The summed E-state index contributed by atoms with van der Waals surface area (Å²) < 4.78 is 6.54. The van der Waals surface area contributed by atoms with Crippen molar-refractivity contribution in [2.24, 2.45) is 0 Å². The third kappa shape index (κ3) is 4.12. The lowest BCUT2D eigenvalue weighted by Crippen LogP contribution is -2.28. The number of aromatic nitrogens is 2. The van der Waals surface area contributed by atoms with Gasteiger partial charge in [-0.05, 0) is 36.4 Å². The summed E-state index contributed by atoms with van der Waals surface area (Å²) in [5.41, 5.74) is 2.43. The van der Waals surface area contributed by atoms with Gasteiger partial charge in [-0.3, -0.25) is 14.0 Å². The van der Waals surface area contributed by atoms with E-state index in [-0.39, 0.29) is 23.3 Å². The Morgan fingerprint density at radius 3 is 2.54 bits per heavy atom. The molecular weight excluding hydrogens is 358 g/mol. The minimum atomic E-state index is -0.378. The molecule has 0 unspecified atom stereocenters. The van der Waals surface area contributed by atoms with Crippen molar-refractivity contribution in [2.75, 3.05) is 44.6 Å². The largest absolute Gasteiger partial charge is 0.383 e. The smallest absolute Gasteiger partial charge is 0.287 e. The van der Waals surface area contributed by atoms with Crippen LogP contribution in [0.2, 0.25) is 0 Å². The van der Waals surface area contributed by atoms with E-state index in [1.54, 1.807) is 35.9 Å². The third-order valence-electron chi connectivity index (χ3n) is 4.20. The van der Waals surface area contributed by atoms with Crippen LogP contribution in [-0.4, -0.2) is 55.6 Å². The van der Waals surface area contributed by atoms with E-state index >= 15 is 0 Å². The van der Waals surface area contributed by atoms with Gasteiger partial charge in [-0.1, -0.05) is 6.07 Å². The third-order valence-corrected chi connectivity index (χ3v) is 4.20. The highest BCUT2D eigenvalue weighted by molar-refractivity contribution is 6.09. The number of amides is 2. The van der Waals surface area contributed by atoms with E-state index in [0.29, 0.717) is 24.4 Å². The average Bonchev–Trinajstić information content (AvgIpc) is 3.08. The van der Waals surface area contributed by atoms with Crippen molar-refractivity contribution < 1.29 is 14.3 Å². The summed E-state index contributed by atoms with van der Waals surface area (Å²) in [7, 11) is 5.46. The molecule has 2 heterocycles. The molecule has 2 amide bonds. The number of nitrogens with zero attached hydrogens (tertiary/aromatic N) is 3. The first-order valence-electron chi connectivity index (χ1n) is 8.84. The van der Waals surface area contributed by atoms with E-state index in [1.165, 1.54) is 0 Å². The molecule has 0 aliphatic heterocycles. The molecular formula is C20H23N5O3. The Morgan fingerprint density at radius 2 is 1.86 bits per heavy atom. The van der Waals surface area contributed by atoms with Crippen LogP contribution in [0.5, 0.6) is 0 Å². The number of ether oxygens (including phenoxy) is 1. The van der Waals surface area contributed by atoms with Gasteiger partial charge in [-0.15, -0.1) is 0 Å². The van der Waals surface area contributed by atoms with Gasteiger partial charge in [-0.25, -0.2) is 4.98 Å². The number of hydrogen-bond acceptors (Lipinski definition) is 5. The first kappa shape index (κ1) is 19.4. The molecule has 2 aromatic heterocycles. The quantitative estimate of drug-likeness (QED) is 0.612. The van der Waals surface area contributed by atoms with Gasteiger partial charge in [0.15, 0.2) is 5.69 Å². The number of carbonyl (C=O) groups is 2. The van der Waals surface area contributed by atoms with Gasteiger partial charge in [0.25, 0.3) is 11.8 Å². The summed E-state index contributed by atoms with van der Waals surface area (Å²) in [6, 6.07) is 12.8. The predicted molar refractivity (Wildman–Crippen MR) is 108 cm³/mol. The molecule has 8 nitrogen and oxygen atoms in total. The molecule has 3 aromatic rings. The van der Waals surface area contributed by atoms with Crippen LogP contribution in [-0.2, 0) is 4.74 Å². The number of carbonyl (C=O) groups excluding carboxylic acids is 2. The van der Waals surface area contributed by atoms with Crippen molar-refractivity contribution in [3.05, 3.63) is 60.2 Å². The number of nitrogens with one attached hydrogen (secondary N) is 2. The average molecular weight is 381 g/mol. The van der Waals surface area contributed by atoms with E-state index in [9.17, 15) is 9.59 Å². The number of imidazole rings is 1. The van der Waals surface area contributed by atoms with Crippen LogP contribution in [0.3, 0.4) is 0 Å². The SMILES string of the molecule is COCCNC(=O)c1nc(C(=O)Nc2ccc(N(C)C)cc2)c2ccccn12. The van der Waals surface area contributed by atoms with E-state index in [0.717, 1.165) is 5.69 Å². The monoisotopic (exact) mass is 381 g/mol. The molecule has 0 aliphatic rings. The molecule has 0 radical (unpaired) electrons. The number of anilines is 2. The van der Waals surface area contributed by atoms with Gasteiger partial charge < -0.3 is 20.3 Å².